The molecule has 0 heterocycles. The van der Waals surface area contributed by atoms with Crippen molar-refractivity contribution in [2.24, 2.45) is 17.7 Å². The van der Waals surface area contributed by atoms with Gasteiger partial charge in [-0.05, 0) is 51.9 Å². The van der Waals surface area contributed by atoms with Crippen molar-refractivity contribution < 1.29 is 4.39 Å². The van der Waals surface area contributed by atoms with Gasteiger partial charge < -0.3 is 0 Å². The molecule has 0 aromatic heterocycles. The molecule has 0 saturated heterocycles. The van der Waals surface area contributed by atoms with Gasteiger partial charge in [0, 0.05) is 6.04 Å². The Hall–Kier alpha value is -0.450. The molecule has 1 aliphatic carbocycles. The van der Waals surface area contributed by atoms with Crippen LogP contribution in [0.2, 0.25) is 0 Å². The molecular weight excluding hydrogens is 307 g/mol. The largest absolute Gasteiger partial charge is 0.271 e. The lowest BCUT2D eigenvalue weighted by atomic mass is 9.72. The third-order valence-electron chi connectivity index (χ3n) is 4.40. The van der Waals surface area contributed by atoms with Crippen LogP contribution in [0, 0.1) is 17.7 Å². The number of benzene rings is 1. The highest BCUT2D eigenvalue weighted by molar-refractivity contribution is 9.10. The van der Waals surface area contributed by atoms with E-state index in [-0.39, 0.29) is 11.9 Å². The molecule has 4 heteroatoms. The van der Waals surface area contributed by atoms with E-state index >= 15 is 0 Å². The van der Waals surface area contributed by atoms with Crippen LogP contribution in [0.5, 0.6) is 0 Å². The molecule has 0 aliphatic heterocycles. The van der Waals surface area contributed by atoms with Gasteiger partial charge in [0.25, 0.3) is 0 Å². The van der Waals surface area contributed by atoms with Crippen LogP contribution in [0.4, 0.5) is 4.39 Å². The van der Waals surface area contributed by atoms with Gasteiger partial charge in [-0.1, -0.05) is 38.7 Å². The number of rotatable bonds is 4. The van der Waals surface area contributed by atoms with Crippen molar-refractivity contribution in [3.05, 3.63) is 34.1 Å². The summed E-state index contributed by atoms with van der Waals surface area (Å²) in [5.74, 6) is 6.80. The van der Waals surface area contributed by atoms with Gasteiger partial charge in [0.15, 0.2) is 0 Å². The summed E-state index contributed by atoms with van der Waals surface area (Å²) in [6.45, 7) is 2.25. The van der Waals surface area contributed by atoms with Crippen molar-refractivity contribution in [1.29, 1.82) is 0 Å². The monoisotopic (exact) mass is 328 g/mol. The maximum Gasteiger partial charge on any atom is 0.137 e. The lowest BCUT2D eigenvalue weighted by Crippen LogP contribution is -2.38. The standard InChI is InChI=1S/C15H22BrFN2/c1-2-10-5-3-4-6-12(10)15(19-18)11-7-8-14(17)13(16)9-11/h7-10,12,15,19H,2-6,18H2,1H3. The van der Waals surface area contributed by atoms with Crippen molar-refractivity contribution in [3.8, 4) is 0 Å². The van der Waals surface area contributed by atoms with E-state index in [1.165, 1.54) is 38.2 Å². The van der Waals surface area contributed by atoms with Crippen LogP contribution in [-0.4, -0.2) is 0 Å². The SMILES string of the molecule is CCC1CCCCC1C(NN)c1ccc(F)c(Br)c1. The third-order valence-corrected chi connectivity index (χ3v) is 5.01. The van der Waals surface area contributed by atoms with E-state index in [0.717, 1.165) is 5.56 Å². The molecule has 106 valence electrons. The van der Waals surface area contributed by atoms with E-state index in [1.807, 2.05) is 12.1 Å². The van der Waals surface area contributed by atoms with E-state index < -0.39 is 0 Å². The molecule has 0 amide bonds. The van der Waals surface area contributed by atoms with Crippen LogP contribution in [0.3, 0.4) is 0 Å². The van der Waals surface area contributed by atoms with Crippen molar-refractivity contribution >= 4 is 15.9 Å². The molecule has 3 atom stereocenters. The Morgan fingerprint density at radius 1 is 1.42 bits per heavy atom. The Morgan fingerprint density at radius 2 is 2.16 bits per heavy atom. The smallest absolute Gasteiger partial charge is 0.137 e. The van der Waals surface area contributed by atoms with Crippen molar-refractivity contribution in [2.45, 2.75) is 45.1 Å². The second-order valence-electron chi connectivity index (χ2n) is 5.43. The first kappa shape index (κ1) is 14.9. The molecule has 3 N–H and O–H groups in total. The molecule has 1 aromatic carbocycles. The predicted molar refractivity (Wildman–Crippen MR) is 79.9 cm³/mol. The van der Waals surface area contributed by atoms with Gasteiger partial charge in [-0.15, -0.1) is 0 Å². The molecular formula is C15H22BrFN2. The fourth-order valence-corrected chi connectivity index (χ4v) is 3.75. The Morgan fingerprint density at radius 3 is 2.79 bits per heavy atom. The summed E-state index contributed by atoms with van der Waals surface area (Å²) in [5.41, 5.74) is 4.03. The zero-order valence-corrected chi connectivity index (χ0v) is 12.9. The molecule has 2 nitrogen and oxygen atoms in total. The lowest BCUT2D eigenvalue weighted by molar-refractivity contribution is 0.176. The van der Waals surface area contributed by atoms with E-state index in [1.54, 1.807) is 0 Å². The van der Waals surface area contributed by atoms with Crippen LogP contribution in [-0.2, 0) is 0 Å². The highest BCUT2D eigenvalue weighted by atomic mass is 79.9. The molecule has 1 fully saturated rings. The highest BCUT2D eigenvalue weighted by Crippen LogP contribution is 2.40. The summed E-state index contributed by atoms with van der Waals surface area (Å²) < 4.78 is 13.9. The first-order valence-electron chi connectivity index (χ1n) is 7.08. The van der Waals surface area contributed by atoms with E-state index in [4.69, 9.17) is 5.84 Å². The molecule has 1 aliphatic rings. The molecule has 1 aromatic rings. The lowest BCUT2D eigenvalue weighted by Gasteiger charge is -2.36. The second-order valence-corrected chi connectivity index (χ2v) is 6.29. The molecule has 1 saturated carbocycles. The van der Waals surface area contributed by atoms with Gasteiger partial charge in [-0.25, -0.2) is 4.39 Å². The molecule has 3 unspecified atom stereocenters. The summed E-state index contributed by atoms with van der Waals surface area (Å²) in [7, 11) is 0. The average Bonchev–Trinajstić information content (AvgIpc) is 2.44. The number of hydrogen-bond acceptors (Lipinski definition) is 2. The Kier molecular flexibility index (Phi) is 5.37. The van der Waals surface area contributed by atoms with Crippen LogP contribution >= 0.6 is 15.9 Å². The number of hydrogen-bond donors (Lipinski definition) is 2. The predicted octanol–water partition coefficient (Wildman–Crippen LogP) is 4.31. The fourth-order valence-electron chi connectivity index (χ4n) is 3.35. The van der Waals surface area contributed by atoms with E-state index in [2.05, 4.69) is 28.3 Å². The molecule has 0 spiro atoms. The van der Waals surface area contributed by atoms with Crippen molar-refractivity contribution in [1.82, 2.24) is 5.43 Å². The van der Waals surface area contributed by atoms with E-state index in [9.17, 15) is 4.39 Å². The minimum atomic E-state index is -0.227. The summed E-state index contributed by atoms with van der Waals surface area (Å²) in [4.78, 5) is 0. The Labute approximate surface area is 123 Å². The third kappa shape index (κ3) is 3.36. The molecule has 19 heavy (non-hydrogen) atoms. The normalized spacial score (nSPS) is 25.3. The van der Waals surface area contributed by atoms with Crippen LogP contribution in [0.15, 0.2) is 22.7 Å². The Bertz CT molecular complexity index is 425. The summed E-state index contributed by atoms with van der Waals surface area (Å²) >= 11 is 3.26. The van der Waals surface area contributed by atoms with Crippen LogP contribution < -0.4 is 11.3 Å². The number of halogens is 2. The Balaban J connectivity index is 2.24. The number of nitrogens with two attached hydrogens (primary N) is 1. The van der Waals surface area contributed by atoms with Crippen LogP contribution in [0.25, 0.3) is 0 Å². The minimum absolute atomic E-state index is 0.113. The van der Waals surface area contributed by atoms with Gasteiger partial charge in [0.1, 0.15) is 5.82 Å². The minimum Gasteiger partial charge on any atom is -0.271 e. The quantitative estimate of drug-likeness (QED) is 0.638. The zero-order chi connectivity index (χ0) is 13.8. The summed E-state index contributed by atoms with van der Waals surface area (Å²) in [5, 5.41) is 0. The maximum absolute atomic E-state index is 13.4. The van der Waals surface area contributed by atoms with Gasteiger partial charge in [0.2, 0.25) is 0 Å². The van der Waals surface area contributed by atoms with Crippen LogP contribution in [0.1, 0.15) is 50.6 Å². The molecule has 0 radical (unpaired) electrons. The van der Waals surface area contributed by atoms with Crippen molar-refractivity contribution in [2.75, 3.05) is 0 Å². The fraction of sp³-hybridized carbons (Fsp3) is 0.600. The van der Waals surface area contributed by atoms with Gasteiger partial charge in [0.05, 0.1) is 4.47 Å². The van der Waals surface area contributed by atoms with Gasteiger partial charge >= 0.3 is 0 Å². The zero-order valence-electron chi connectivity index (χ0n) is 11.3. The number of nitrogens with one attached hydrogen (secondary N) is 1. The second kappa shape index (κ2) is 6.82. The van der Waals surface area contributed by atoms with Gasteiger partial charge in [-0.3, -0.25) is 11.3 Å². The highest BCUT2D eigenvalue weighted by Gasteiger charge is 2.31. The number of hydrazine groups is 1. The summed E-state index contributed by atoms with van der Waals surface area (Å²) in [6, 6.07) is 5.31. The molecule has 0 bridgehead atoms. The first-order valence-corrected chi connectivity index (χ1v) is 7.87. The van der Waals surface area contributed by atoms with Gasteiger partial charge in [-0.2, -0.15) is 0 Å². The van der Waals surface area contributed by atoms with E-state index in [0.29, 0.717) is 16.3 Å². The maximum atomic E-state index is 13.4. The summed E-state index contributed by atoms with van der Waals surface area (Å²) in [6.07, 6.45) is 6.25. The first-order chi connectivity index (χ1) is 9.17. The topological polar surface area (TPSA) is 38.0 Å². The average molecular weight is 329 g/mol. The molecule has 2 rings (SSSR count). The van der Waals surface area contributed by atoms with Crippen molar-refractivity contribution in [3.63, 3.8) is 0 Å².